The molecule has 2 nitrogen and oxygen atoms in total. The van der Waals surface area contributed by atoms with E-state index in [4.69, 9.17) is 4.98 Å². The normalized spacial score (nSPS) is 12.5. The molecule has 0 aliphatic heterocycles. The predicted octanol–water partition coefficient (Wildman–Crippen LogP) is 5.03. The summed E-state index contributed by atoms with van der Waals surface area (Å²) >= 11 is 3.45. The van der Waals surface area contributed by atoms with E-state index >= 15 is 0 Å². The Morgan fingerprint density at radius 1 is 1.22 bits per heavy atom. The number of aryl methyl sites for hydroxylation is 2. The highest BCUT2D eigenvalue weighted by atomic mass is 32.1. The Labute approximate surface area is 144 Å². The summed E-state index contributed by atoms with van der Waals surface area (Å²) in [6.07, 6.45) is 0.894. The summed E-state index contributed by atoms with van der Waals surface area (Å²) in [7, 11) is 0. The summed E-state index contributed by atoms with van der Waals surface area (Å²) in [4.78, 5) is 5.96. The monoisotopic (exact) mass is 346 g/mol. The standard InChI is InChI=1S/C18H19FN2S2/c1-12-13(2)23-18(21-12)17(9-15-6-7-22-11-15)20-10-14-4-3-5-16(19)8-14/h3-8,11,17,20H,9-10H2,1-2H3. The lowest BCUT2D eigenvalue weighted by atomic mass is 10.1. The molecule has 0 aliphatic rings. The Hall–Kier alpha value is -1.56. The fourth-order valence-corrected chi connectivity index (χ4v) is 4.11. The van der Waals surface area contributed by atoms with Gasteiger partial charge in [0.05, 0.1) is 11.7 Å². The van der Waals surface area contributed by atoms with Crippen LogP contribution in [0.2, 0.25) is 0 Å². The lowest BCUT2D eigenvalue weighted by Crippen LogP contribution is -2.22. The molecule has 2 heterocycles. The molecule has 0 radical (unpaired) electrons. The van der Waals surface area contributed by atoms with Gasteiger partial charge in [0.1, 0.15) is 10.8 Å². The van der Waals surface area contributed by atoms with Gasteiger partial charge >= 0.3 is 0 Å². The maximum atomic E-state index is 13.3. The van der Waals surface area contributed by atoms with Gasteiger partial charge in [-0.2, -0.15) is 11.3 Å². The van der Waals surface area contributed by atoms with Crippen molar-refractivity contribution in [2.45, 2.75) is 32.9 Å². The fraction of sp³-hybridized carbons (Fsp3) is 0.278. The molecule has 0 bridgehead atoms. The molecule has 2 aromatic heterocycles. The van der Waals surface area contributed by atoms with Crippen LogP contribution in [0.1, 0.15) is 32.7 Å². The second-order valence-electron chi connectivity index (χ2n) is 5.59. The molecule has 0 saturated heterocycles. The number of benzene rings is 1. The molecule has 0 saturated carbocycles. The molecular formula is C18H19FN2S2. The topological polar surface area (TPSA) is 24.9 Å². The summed E-state index contributed by atoms with van der Waals surface area (Å²) in [6, 6.07) is 9.03. The number of rotatable bonds is 6. The zero-order chi connectivity index (χ0) is 16.2. The van der Waals surface area contributed by atoms with Crippen molar-refractivity contribution in [1.82, 2.24) is 10.3 Å². The Morgan fingerprint density at radius 2 is 2.09 bits per heavy atom. The first-order valence-electron chi connectivity index (χ1n) is 7.54. The van der Waals surface area contributed by atoms with Crippen LogP contribution < -0.4 is 5.32 Å². The van der Waals surface area contributed by atoms with E-state index in [-0.39, 0.29) is 11.9 Å². The third-order valence-corrected chi connectivity index (χ3v) is 5.72. The minimum atomic E-state index is -0.195. The first kappa shape index (κ1) is 16.3. The van der Waals surface area contributed by atoms with Crippen molar-refractivity contribution in [3.8, 4) is 0 Å². The summed E-state index contributed by atoms with van der Waals surface area (Å²) in [5.74, 6) is -0.195. The number of thiophene rings is 1. The van der Waals surface area contributed by atoms with Gasteiger partial charge in [0.2, 0.25) is 0 Å². The van der Waals surface area contributed by atoms with Gasteiger partial charge in [-0.15, -0.1) is 11.3 Å². The first-order chi connectivity index (χ1) is 11.1. The van der Waals surface area contributed by atoms with Crippen LogP contribution in [-0.4, -0.2) is 4.98 Å². The predicted molar refractivity (Wildman–Crippen MR) is 95.6 cm³/mol. The average molecular weight is 346 g/mol. The van der Waals surface area contributed by atoms with E-state index < -0.39 is 0 Å². The van der Waals surface area contributed by atoms with Crippen molar-refractivity contribution in [3.05, 3.63) is 73.6 Å². The van der Waals surface area contributed by atoms with Crippen LogP contribution in [0.4, 0.5) is 4.39 Å². The summed E-state index contributed by atoms with van der Waals surface area (Å²) in [5.41, 5.74) is 3.34. The van der Waals surface area contributed by atoms with Gasteiger partial charge in [0, 0.05) is 11.4 Å². The van der Waals surface area contributed by atoms with Crippen LogP contribution in [0, 0.1) is 19.7 Å². The maximum absolute atomic E-state index is 13.3. The highest BCUT2D eigenvalue weighted by Gasteiger charge is 2.17. The maximum Gasteiger partial charge on any atom is 0.123 e. The van der Waals surface area contributed by atoms with Crippen molar-refractivity contribution < 1.29 is 4.39 Å². The third kappa shape index (κ3) is 4.25. The minimum Gasteiger partial charge on any atom is -0.304 e. The number of thiazole rings is 1. The van der Waals surface area contributed by atoms with Gasteiger partial charge in [-0.25, -0.2) is 9.37 Å². The fourth-order valence-electron chi connectivity index (χ4n) is 2.43. The van der Waals surface area contributed by atoms with Crippen molar-refractivity contribution in [2.75, 3.05) is 0 Å². The van der Waals surface area contributed by atoms with Gasteiger partial charge in [-0.05, 0) is 60.4 Å². The number of hydrogen-bond acceptors (Lipinski definition) is 4. The lowest BCUT2D eigenvalue weighted by molar-refractivity contribution is 0.525. The van der Waals surface area contributed by atoms with Gasteiger partial charge in [-0.3, -0.25) is 0 Å². The Bertz CT molecular complexity index is 746. The Morgan fingerprint density at radius 3 is 2.74 bits per heavy atom. The number of nitrogens with zero attached hydrogens (tertiary/aromatic N) is 1. The molecule has 3 rings (SSSR count). The van der Waals surface area contributed by atoms with E-state index in [1.165, 1.54) is 16.5 Å². The largest absolute Gasteiger partial charge is 0.304 e. The molecule has 1 N–H and O–H groups in total. The molecular weight excluding hydrogens is 327 g/mol. The van der Waals surface area contributed by atoms with E-state index in [0.717, 1.165) is 22.7 Å². The van der Waals surface area contributed by atoms with Crippen LogP contribution in [0.25, 0.3) is 0 Å². The van der Waals surface area contributed by atoms with Crippen molar-refractivity contribution in [3.63, 3.8) is 0 Å². The van der Waals surface area contributed by atoms with Gasteiger partial charge < -0.3 is 5.32 Å². The highest BCUT2D eigenvalue weighted by Crippen LogP contribution is 2.26. The molecule has 0 aliphatic carbocycles. The van der Waals surface area contributed by atoms with Crippen LogP contribution in [0.3, 0.4) is 0 Å². The zero-order valence-electron chi connectivity index (χ0n) is 13.2. The van der Waals surface area contributed by atoms with E-state index in [0.29, 0.717) is 6.54 Å². The number of aromatic nitrogens is 1. The number of hydrogen-bond donors (Lipinski definition) is 1. The van der Waals surface area contributed by atoms with Crippen LogP contribution >= 0.6 is 22.7 Å². The van der Waals surface area contributed by atoms with E-state index in [1.54, 1.807) is 34.8 Å². The SMILES string of the molecule is Cc1nc(C(Cc2ccsc2)NCc2cccc(F)c2)sc1C. The first-order valence-corrected chi connectivity index (χ1v) is 9.30. The van der Waals surface area contributed by atoms with Crippen LogP contribution in [-0.2, 0) is 13.0 Å². The van der Waals surface area contributed by atoms with E-state index in [1.807, 2.05) is 13.0 Å². The molecule has 5 heteroatoms. The van der Waals surface area contributed by atoms with Crippen molar-refractivity contribution >= 4 is 22.7 Å². The van der Waals surface area contributed by atoms with E-state index in [2.05, 4.69) is 29.1 Å². The summed E-state index contributed by atoms with van der Waals surface area (Å²) in [6.45, 7) is 4.78. The Balaban J connectivity index is 1.77. The van der Waals surface area contributed by atoms with Crippen molar-refractivity contribution in [2.24, 2.45) is 0 Å². The van der Waals surface area contributed by atoms with Gasteiger partial charge in [-0.1, -0.05) is 12.1 Å². The number of halogens is 1. The third-order valence-electron chi connectivity index (χ3n) is 3.80. The molecule has 1 aromatic carbocycles. The highest BCUT2D eigenvalue weighted by molar-refractivity contribution is 7.11. The van der Waals surface area contributed by atoms with Gasteiger partial charge in [0.15, 0.2) is 0 Å². The lowest BCUT2D eigenvalue weighted by Gasteiger charge is -2.16. The average Bonchev–Trinajstić information content (AvgIpc) is 3.14. The van der Waals surface area contributed by atoms with Crippen LogP contribution in [0.5, 0.6) is 0 Å². The smallest absolute Gasteiger partial charge is 0.123 e. The Kier molecular flexibility index (Phi) is 5.20. The quantitative estimate of drug-likeness (QED) is 0.677. The zero-order valence-corrected chi connectivity index (χ0v) is 14.8. The second kappa shape index (κ2) is 7.34. The van der Waals surface area contributed by atoms with Crippen molar-refractivity contribution in [1.29, 1.82) is 0 Å². The molecule has 1 unspecified atom stereocenters. The van der Waals surface area contributed by atoms with E-state index in [9.17, 15) is 4.39 Å². The minimum absolute atomic E-state index is 0.144. The molecule has 120 valence electrons. The summed E-state index contributed by atoms with van der Waals surface area (Å²) < 4.78 is 13.3. The number of nitrogens with one attached hydrogen (secondary N) is 1. The van der Waals surface area contributed by atoms with Crippen LogP contribution in [0.15, 0.2) is 41.1 Å². The second-order valence-corrected chi connectivity index (χ2v) is 7.61. The molecule has 0 amide bonds. The molecule has 3 aromatic rings. The molecule has 0 fully saturated rings. The van der Waals surface area contributed by atoms with Gasteiger partial charge in [0.25, 0.3) is 0 Å². The molecule has 23 heavy (non-hydrogen) atoms. The summed E-state index contributed by atoms with van der Waals surface area (Å²) in [5, 5.41) is 8.91. The molecule has 1 atom stereocenters. The molecule has 0 spiro atoms.